The van der Waals surface area contributed by atoms with Crippen molar-refractivity contribution in [2.24, 2.45) is 0 Å². The van der Waals surface area contributed by atoms with Crippen LogP contribution >= 0.6 is 0 Å². The van der Waals surface area contributed by atoms with Crippen molar-refractivity contribution in [1.29, 1.82) is 0 Å². The van der Waals surface area contributed by atoms with Gasteiger partial charge >= 0.3 is 0 Å². The van der Waals surface area contributed by atoms with Crippen LogP contribution in [0, 0.1) is 6.92 Å². The highest BCUT2D eigenvalue weighted by Gasteiger charge is 2.18. The van der Waals surface area contributed by atoms with Crippen LogP contribution in [-0.4, -0.2) is 23.6 Å². The van der Waals surface area contributed by atoms with Gasteiger partial charge in [-0.3, -0.25) is 4.79 Å². The van der Waals surface area contributed by atoms with E-state index in [1.54, 1.807) is 0 Å². The molecule has 25 heavy (non-hydrogen) atoms. The summed E-state index contributed by atoms with van der Waals surface area (Å²) >= 11 is 0. The van der Waals surface area contributed by atoms with Gasteiger partial charge in [-0.25, -0.2) is 0 Å². The first kappa shape index (κ1) is 15.8. The lowest BCUT2D eigenvalue weighted by molar-refractivity contribution is -0.116. The molecule has 3 aromatic rings. The fraction of sp³-hybridized carbons (Fsp3) is 0.286. The van der Waals surface area contributed by atoms with Gasteiger partial charge in [-0.05, 0) is 55.5 Å². The van der Waals surface area contributed by atoms with E-state index >= 15 is 0 Å². The molecule has 2 aromatic carbocycles. The second-order valence-electron chi connectivity index (χ2n) is 6.65. The van der Waals surface area contributed by atoms with E-state index in [9.17, 15) is 4.79 Å². The molecular formula is C21H23N3O. The molecule has 1 aromatic heterocycles. The van der Waals surface area contributed by atoms with Crippen molar-refractivity contribution in [3.63, 3.8) is 0 Å². The van der Waals surface area contributed by atoms with Crippen LogP contribution in [0.3, 0.4) is 0 Å². The Balaban J connectivity index is 1.54. The third kappa shape index (κ3) is 2.88. The zero-order chi connectivity index (χ0) is 17.4. The van der Waals surface area contributed by atoms with Crippen LogP contribution in [0.2, 0.25) is 0 Å². The third-order valence-electron chi connectivity index (χ3n) is 5.06. The monoisotopic (exact) mass is 333 g/mol. The maximum atomic E-state index is 12.6. The number of anilines is 2. The lowest BCUT2D eigenvalue weighted by Gasteiger charge is -2.17. The number of carbonyl (C=O) groups excluding carboxylic acids is 1. The molecule has 0 unspecified atom stereocenters. The summed E-state index contributed by atoms with van der Waals surface area (Å²) in [5.74, 6) is 0.00504. The van der Waals surface area contributed by atoms with Crippen molar-refractivity contribution in [2.45, 2.75) is 26.8 Å². The van der Waals surface area contributed by atoms with Gasteiger partial charge in [0.05, 0.1) is 0 Å². The topological polar surface area (TPSA) is 37.3 Å². The Labute approximate surface area is 148 Å². The number of carbonyl (C=O) groups is 1. The van der Waals surface area contributed by atoms with Gasteiger partial charge in [0.25, 0.3) is 0 Å². The van der Waals surface area contributed by atoms with E-state index in [-0.39, 0.29) is 5.91 Å². The van der Waals surface area contributed by atoms with E-state index in [0.29, 0.717) is 6.54 Å². The van der Waals surface area contributed by atoms with Crippen molar-refractivity contribution in [2.75, 3.05) is 23.3 Å². The van der Waals surface area contributed by atoms with Gasteiger partial charge in [0, 0.05) is 35.7 Å². The molecule has 0 fully saturated rings. The van der Waals surface area contributed by atoms with Crippen molar-refractivity contribution in [3.05, 3.63) is 59.8 Å². The van der Waals surface area contributed by atoms with Crippen LogP contribution < -0.4 is 10.2 Å². The second kappa shape index (κ2) is 6.28. The average Bonchev–Trinajstić information content (AvgIpc) is 3.15. The lowest BCUT2D eigenvalue weighted by atomic mass is 10.1. The van der Waals surface area contributed by atoms with E-state index in [2.05, 4.69) is 52.0 Å². The zero-order valence-corrected chi connectivity index (χ0v) is 14.7. The van der Waals surface area contributed by atoms with Gasteiger partial charge in [-0.15, -0.1) is 0 Å². The van der Waals surface area contributed by atoms with Crippen LogP contribution in [0.15, 0.2) is 48.5 Å². The quantitative estimate of drug-likeness (QED) is 0.784. The molecule has 2 heterocycles. The minimum Gasteiger partial charge on any atom is -0.371 e. The number of nitrogens with one attached hydrogen (secondary N) is 1. The number of aromatic nitrogens is 1. The Morgan fingerprint density at radius 1 is 1.16 bits per heavy atom. The first-order valence-electron chi connectivity index (χ1n) is 8.88. The largest absolute Gasteiger partial charge is 0.371 e. The average molecular weight is 333 g/mol. The molecule has 1 aliphatic rings. The maximum absolute atomic E-state index is 12.6. The Hall–Kier alpha value is -2.75. The van der Waals surface area contributed by atoms with E-state index in [0.717, 1.165) is 36.4 Å². The molecule has 0 aliphatic carbocycles. The summed E-state index contributed by atoms with van der Waals surface area (Å²) in [6.45, 7) is 6.60. The van der Waals surface area contributed by atoms with Gasteiger partial charge in [0.1, 0.15) is 6.54 Å². The van der Waals surface area contributed by atoms with Crippen LogP contribution in [0.1, 0.15) is 18.2 Å². The first-order valence-corrected chi connectivity index (χ1v) is 8.88. The first-order chi connectivity index (χ1) is 12.2. The molecule has 0 saturated carbocycles. The number of nitrogens with zero attached hydrogens (tertiary/aromatic N) is 2. The molecular weight excluding hydrogens is 310 g/mol. The minimum absolute atomic E-state index is 0.00504. The number of fused-ring (bicyclic) bond motifs is 2. The summed E-state index contributed by atoms with van der Waals surface area (Å²) in [7, 11) is 0. The van der Waals surface area contributed by atoms with Crippen LogP contribution in [0.5, 0.6) is 0 Å². The highest BCUT2D eigenvalue weighted by atomic mass is 16.1. The smallest absolute Gasteiger partial charge is 0.244 e. The van der Waals surface area contributed by atoms with E-state index in [1.807, 2.05) is 25.1 Å². The molecule has 128 valence electrons. The van der Waals surface area contributed by atoms with Crippen molar-refractivity contribution < 1.29 is 4.79 Å². The second-order valence-corrected chi connectivity index (χ2v) is 6.65. The Morgan fingerprint density at radius 2 is 2.00 bits per heavy atom. The number of benzene rings is 2. The molecule has 0 bridgehead atoms. The van der Waals surface area contributed by atoms with Crippen LogP contribution in [0.4, 0.5) is 11.4 Å². The Bertz CT molecular complexity index is 941. The Kier molecular flexibility index (Phi) is 3.96. The molecule has 0 atom stereocenters. The molecule has 1 amide bonds. The van der Waals surface area contributed by atoms with Gasteiger partial charge in [0.15, 0.2) is 0 Å². The predicted molar refractivity (Wildman–Crippen MR) is 103 cm³/mol. The summed E-state index contributed by atoms with van der Waals surface area (Å²) in [4.78, 5) is 14.9. The van der Waals surface area contributed by atoms with Gasteiger partial charge in [-0.2, -0.15) is 0 Å². The molecule has 4 nitrogen and oxygen atoms in total. The zero-order valence-electron chi connectivity index (χ0n) is 14.7. The third-order valence-corrected chi connectivity index (χ3v) is 5.06. The lowest BCUT2D eigenvalue weighted by Crippen LogP contribution is -2.21. The van der Waals surface area contributed by atoms with Crippen LogP contribution in [-0.2, 0) is 17.8 Å². The van der Waals surface area contributed by atoms with Gasteiger partial charge < -0.3 is 14.8 Å². The maximum Gasteiger partial charge on any atom is 0.244 e. The summed E-state index contributed by atoms with van der Waals surface area (Å²) < 4.78 is 2.07. The number of likely N-dealkylation sites (N-methyl/N-ethyl adjacent to an activating group) is 1. The fourth-order valence-corrected chi connectivity index (χ4v) is 3.75. The highest BCUT2D eigenvalue weighted by molar-refractivity contribution is 5.93. The minimum atomic E-state index is 0.00504. The predicted octanol–water partition coefficient (Wildman–Crippen LogP) is 3.97. The van der Waals surface area contributed by atoms with Crippen molar-refractivity contribution >= 4 is 28.2 Å². The summed E-state index contributed by atoms with van der Waals surface area (Å²) in [5, 5.41) is 4.23. The van der Waals surface area contributed by atoms with Crippen molar-refractivity contribution in [1.82, 2.24) is 4.57 Å². The van der Waals surface area contributed by atoms with E-state index < -0.39 is 0 Å². The van der Waals surface area contributed by atoms with Gasteiger partial charge in [-0.1, -0.05) is 24.3 Å². The highest BCUT2D eigenvalue weighted by Crippen LogP contribution is 2.30. The molecule has 0 radical (unpaired) electrons. The normalized spacial score (nSPS) is 13.3. The summed E-state index contributed by atoms with van der Waals surface area (Å²) in [6.07, 6.45) is 1.09. The van der Waals surface area contributed by atoms with E-state index in [1.165, 1.54) is 16.6 Å². The number of para-hydroxylation sites is 1. The molecule has 1 N–H and O–H groups in total. The number of rotatable bonds is 4. The van der Waals surface area contributed by atoms with Gasteiger partial charge in [0.2, 0.25) is 5.91 Å². The van der Waals surface area contributed by atoms with Crippen LogP contribution in [0.25, 0.3) is 10.9 Å². The SMILES string of the molecule is CCN1CCc2ccc(NC(=O)Cn3c(C)cc4ccccc43)cc21. The Morgan fingerprint density at radius 3 is 2.84 bits per heavy atom. The fourth-order valence-electron chi connectivity index (χ4n) is 3.75. The van der Waals surface area contributed by atoms with E-state index in [4.69, 9.17) is 0 Å². The molecule has 0 saturated heterocycles. The number of amides is 1. The van der Waals surface area contributed by atoms with Crippen molar-refractivity contribution in [3.8, 4) is 0 Å². The number of hydrogen-bond acceptors (Lipinski definition) is 2. The number of hydrogen-bond donors (Lipinski definition) is 1. The molecule has 0 spiro atoms. The molecule has 4 heteroatoms. The summed E-state index contributed by atoms with van der Waals surface area (Å²) in [6, 6.07) is 16.5. The number of aryl methyl sites for hydroxylation is 1. The standard InChI is InChI=1S/C21H23N3O/c1-3-23-11-10-16-8-9-18(13-20(16)23)22-21(25)14-24-15(2)12-17-6-4-5-7-19(17)24/h4-9,12-13H,3,10-11,14H2,1-2H3,(H,22,25). The molecule has 4 rings (SSSR count). The summed E-state index contributed by atoms with van der Waals surface area (Å²) in [5.41, 5.74) is 5.69. The molecule has 1 aliphatic heterocycles.